The number of hydrogen-bond donors (Lipinski definition) is 1. The predicted molar refractivity (Wildman–Crippen MR) is 112 cm³/mol. The standard InChI is InChI=1S/C22H16N2O6S/c1-2-28-12-7-8-13-16(11-12)31-22(23-13)24-18(14-5-3-9-29-14)17(20(26)21(24)27)19(25)15-6-4-10-30-15/h3-11,18,26H,2H2,1H3/t18-/m0/s1. The molecule has 4 aromatic rings. The van der Waals surface area contributed by atoms with Crippen molar-refractivity contribution in [3.63, 3.8) is 0 Å². The molecule has 3 aromatic heterocycles. The van der Waals surface area contributed by atoms with Gasteiger partial charge in [0.1, 0.15) is 17.6 Å². The van der Waals surface area contributed by atoms with E-state index in [1.807, 2.05) is 13.0 Å². The smallest absolute Gasteiger partial charge is 0.296 e. The van der Waals surface area contributed by atoms with Crippen LogP contribution in [0.25, 0.3) is 10.2 Å². The normalized spacial score (nSPS) is 16.5. The molecule has 0 saturated carbocycles. The summed E-state index contributed by atoms with van der Waals surface area (Å²) in [6, 6.07) is 10.8. The Hall–Kier alpha value is -3.85. The second-order valence-corrected chi connectivity index (χ2v) is 7.73. The molecule has 0 aliphatic carbocycles. The quantitative estimate of drug-likeness (QED) is 0.438. The number of aromatic nitrogens is 1. The van der Waals surface area contributed by atoms with Crippen LogP contribution in [0.1, 0.15) is 29.3 Å². The Balaban J connectivity index is 1.62. The highest BCUT2D eigenvalue weighted by atomic mass is 32.1. The molecule has 0 radical (unpaired) electrons. The van der Waals surface area contributed by atoms with Crippen molar-refractivity contribution in [2.75, 3.05) is 11.5 Å². The molecule has 31 heavy (non-hydrogen) atoms. The second kappa shape index (κ2) is 7.44. The maximum Gasteiger partial charge on any atom is 0.296 e. The van der Waals surface area contributed by atoms with E-state index >= 15 is 0 Å². The van der Waals surface area contributed by atoms with Crippen molar-refractivity contribution >= 4 is 38.4 Å². The highest BCUT2D eigenvalue weighted by Gasteiger charge is 2.47. The maximum absolute atomic E-state index is 13.1. The largest absolute Gasteiger partial charge is 0.503 e. The molecular formula is C22H16N2O6S. The van der Waals surface area contributed by atoms with E-state index in [0.29, 0.717) is 28.8 Å². The molecule has 1 atom stereocenters. The fourth-order valence-corrected chi connectivity index (χ4v) is 4.56. The van der Waals surface area contributed by atoms with Gasteiger partial charge >= 0.3 is 0 Å². The predicted octanol–water partition coefficient (Wildman–Crippen LogP) is 4.66. The Morgan fingerprint density at radius 2 is 2.03 bits per heavy atom. The topological polar surface area (TPSA) is 106 Å². The Bertz CT molecular complexity index is 1300. The minimum absolute atomic E-state index is 0.0124. The first-order valence-electron chi connectivity index (χ1n) is 9.50. The third kappa shape index (κ3) is 3.10. The van der Waals surface area contributed by atoms with E-state index in [0.717, 1.165) is 4.70 Å². The van der Waals surface area contributed by atoms with Gasteiger partial charge in [0.05, 0.1) is 34.9 Å². The van der Waals surface area contributed by atoms with Gasteiger partial charge in [-0.15, -0.1) is 0 Å². The zero-order chi connectivity index (χ0) is 21.5. The molecule has 0 fully saturated rings. The fourth-order valence-electron chi connectivity index (χ4n) is 3.54. The number of ketones is 1. The van der Waals surface area contributed by atoms with Gasteiger partial charge in [-0.25, -0.2) is 4.98 Å². The van der Waals surface area contributed by atoms with Crippen molar-refractivity contribution in [3.05, 3.63) is 77.8 Å². The lowest BCUT2D eigenvalue weighted by Crippen LogP contribution is -2.30. The molecule has 9 heteroatoms. The molecule has 0 saturated heterocycles. The third-order valence-corrected chi connectivity index (χ3v) is 5.89. The van der Waals surface area contributed by atoms with Crippen LogP contribution < -0.4 is 9.64 Å². The molecule has 1 N–H and O–H groups in total. The molecule has 156 valence electrons. The summed E-state index contributed by atoms with van der Waals surface area (Å²) in [6.45, 7) is 2.42. The van der Waals surface area contributed by atoms with Crippen molar-refractivity contribution in [1.82, 2.24) is 4.98 Å². The molecule has 1 aliphatic heterocycles. The molecule has 1 aromatic carbocycles. The van der Waals surface area contributed by atoms with E-state index in [9.17, 15) is 14.7 Å². The number of amides is 1. The summed E-state index contributed by atoms with van der Waals surface area (Å²) in [4.78, 5) is 32.0. The number of fused-ring (bicyclic) bond motifs is 1. The van der Waals surface area contributed by atoms with Gasteiger partial charge in [-0.05, 0) is 49.4 Å². The van der Waals surface area contributed by atoms with Crippen LogP contribution in [0.5, 0.6) is 5.75 Å². The first-order valence-corrected chi connectivity index (χ1v) is 10.3. The number of benzene rings is 1. The zero-order valence-corrected chi connectivity index (χ0v) is 17.1. The lowest BCUT2D eigenvalue weighted by molar-refractivity contribution is -0.117. The number of hydrogen-bond acceptors (Lipinski definition) is 8. The molecule has 4 heterocycles. The summed E-state index contributed by atoms with van der Waals surface area (Å²) in [5, 5.41) is 11.0. The highest BCUT2D eigenvalue weighted by Crippen LogP contribution is 2.44. The first kappa shape index (κ1) is 19.1. The fraction of sp³-hybridized carbons (Fsp3) is 0.136. The van der Waals surface area contributed by atoms with Crippen LogP contribution in [-0.4, -0.2) is 28.4 Å². The van der Waals surface area contributed by atoms with Crippen LogP contribution in [-0.2, 0) is 4.79 Å². The van der Waals surface area contributed by atoms with Crippen LogP contribution in [0, 0.1) is 0 Å². The SMILES string of the molecule is CCOc1ccc2nc(N3C(=O)C(O)=C(C(=O)c4ccco4)[C@@H]3c3ccco3)sc2c1. The number of carbonyl (C=O) groups is 2. The van der Waals surface area contributed by atoms with Gasteiger partial charge in [-0.3, -0.25) is 14.5 Å². The monoisotopic (exact) mass is 436 g/mol. The van der Waals surface area contributed by atoms with Crippen LogP contribution in [0.2, 0.25) is 0 Å². The number of carbonyl (C=O) groups excluding carboxylic acids is 2. The van der Waals surface area contributed by atoms with E-state index in [1.54, 1.807) is 30.3 Å². The second-order valence-electron chi connectivity index (χ2n) is 6.72. The Kier molecular flexibility index (Phi) is 4.59. The van der Waals surface area contributed by atoms with Crippen LogP contribution in [0.3, 0.4) is 0 Å². The number of aliphatic hydroxyl groups excluding tert-OH is 1. The maximum atomic E-state index is 13.1. The Morgan fingerprint density at radius 3 is 2.74 bits per heavy atom. The summed E-state index contributed by atoms with van der Waals surface area (Å²) < 4.78 is 17.1. The summed E-state index contributed by atoms with van der Waals surface area (Å²) in [6.07, 6.45) is 2.79. The van der Waals surface area contributed by atoms with Gasteiger partial charge in [0, 0.05) is 0 Å². The van der Waals surface area contributed by atoms with Gasteiger partial charge in [0.15, 0.2) is 16.7 Å². The molecule has 1 aliphatic rings. The van der Waals surface area contributed by atoms with E-state index in [2.05, 4.69) is 4.98 Å². The molecular weight excluding hydrogens is 420 g/mol. The lowest BCUT2D eigenvalue weighted by atomic mass is 10.00. The molecule has 0 unspecified atom stereocenters. The number of rotatable bonds is 6. The van der Waals surface area contributed by atoms with Gasteiger partial charge < -0.3 is 18.7 Å². The van der Waals surface area contributed by atoms with Gasteiger partial charge in [-0.1, -0.05) is 11.3 Å². The third-order valence-electron chi connectivity index (χ3n) is 4.88. The Morgan fingerprint density at radius 1 is 1.23 bits per heavy atom. The Labute approximate surface area is 180 Å². The van der Waals surface area contributed by atoms with Gasteiger partial charge in [-0.2, -0.15) is 0 Å². The average Bonchev–Trinajstić information content (AvgIpc) is 3.55. The minimum Gasteiger partial charge on any atom is -0.503 e. The molecule has 0 spiro atoms. The van der Waals surface area contributed by atoms with E-state index < -0.39 is 23.5 Å². The van der Waals surface area contributed by atoms with Crippen molar-refractivity contribution in [2.24, 2.45) is 0 Å². The molecule has 5 rings (SSSR count). The van der Waals surface area contributed by atoms with Gasteiger partial charge in [0.2, 0.25) is 5.78 Å². The lowest BCUT2D eigenvalue weighted by Gasteiger charge is -2.21. The number of anilines is 1. The molecule has 1 amide bonds. The summed E-state index contributed by atoms with van der Waals surface area (Å²) >= 11 is 1.25. The number of ether oxygens (including phenoxy) is 1. The summed E-state index contributed by atoms with van der Waals surface area (Å²) in [5.74, 6) is -0.966. The number of aliphatic hydroxyl groups is 1. The van der Waals surface area contributed by atoms with Crippen LogP contribution in [0.4, 0.5) is 5.13 Å². The molecule has 8 nitrogen and oxygen atoms in total. The summed E-state index contributed by atoms with van der Waals surface area (Å²) in [7, 11) is 0. The number of Topliss-reactive ketones (excluding diaryl/α,β-unsaturated/α-hetero) is 1. The number of furan rings is 2. The van der Waals surface area contributed by atoms with Gasteiger partial charge in [0.25, 0.3) is 5.91 Å². The van der Waals surface area contributed by atoms with Crippen molar-refractivity contribution in [1.29, 1.82) is 0 Å². The van der Waals surface area contributed by atoms with Crippen LogP contribution in [0.15, 0.2) is 75.2 Å². The summed E-state index contributed by atoms with van der Waals surface area (Å²) in [5.41, 5.74) is 0.545. The zero-order valence-electron chi connectivity index (χ0n) is 16.3. The first-order chi connectivity index (χ1) is 15.1. The van der Waals surface area contributed by atoms with E-state index in [-0.39, 0.29) is 11.3 Å². The minimum atomic E-state index is -0.980. The molecule has 0 bridgehead atoms. The van der Waals surface area contributed by atoms with Crippen molar-refractivity contribution in [3.8, 4) is 5.75 Å². The average molecular weight is 436 g/mol. The number of nitrogens with zero attached hydrogens (tertiary/aromatic N) is 2. The van der Waals surface area contributed by atoms with Crippen molar-refractivity contribution < 1.29 is 28.3 Å². The highest BCUT2D eigenvalue weighted by molar-refractivity contribution is 7.22. The van der Waals surface area contributed by atoms with Crippen molar-refractivity contribution in [2.45, 2.75) is 13.0 Å². The van der Waals surface area contributed by atoms with Crippen LogP contribution >= 0.6 is 11.3 Å². The van der Waals surface area contributed by atoms with E-state index in [1.165, 1.54) is 34.8 Å². The number of thiazole rings is 1. The van der Waals surface area contributed by atoms with E-state index in [4.69, 9.17) is 13.6 Å².